The first kappa shape index (κ1) is 18.1. The molecule has 0 unspecified atom stereocenters. The second-order valence-electron chi connectivity index (χ2n) is 6.10. The Morgan fingerprint density at radius 1 is 1.20 bits per heavy atom. The van der Waals surface area contributed by atoms with Crippen LogP contribution >= 0.6 is 0 Å². The first-order valence-electron chi connectivity index (χ1n) is 8.05. The summed E-state index contributed by atoms with van der Waals surface area (Å²) in [7, 11) is 0. The molecule has 128 valence electrons. The van der Waals surface area contributed by atoms with Crippen LogP contribution in [0.4, 0.5) is 17.1 Å². The predicted octanol–water partition coefficient (Wildman–Crippen LogP) is 4.16. The van der Waals surface area contributed by atoms with Crippen molar-refractivity contribution in [3.8, 4) is 6.07 Å². The van der Waals surface area contributed by atoms with Crippen LogP contribution in [0.2, 0.25) is 0 Å². The Kier molecular flexibility index (Phi) is 5.80. The number of carbonyl (C=O) groups is 1. The molecule has 0 aliphatic rings. The Morgan fingerprint density at radius 3 is 2.60 bits per heavy atom. The van der Waals surface area contributed by atoms with E-state index in [2.05, 4.69) is 10.6 Å². The van der Waals surface area contributed by atoms with Crippen LogP contribution < -0.4 is 16.4 Å². The highest BCUT2D eigenvalue weighted by Crippen LogP contribution is 2.24. The van der Waals surface area contributed by atoms with E-state index in [-0.39, 0.29) is 11.5 Å². The molecule has 5 nitrogen and oxygen atoms in total. The summed E-state index contributed by atoms with van der Waals surface area (Å²) in [5, 5.41) is 15.0. The number of aryl methyl sites for hydroxylation is 1. The van der Waals surface area contributed by atoms with Crippen LogP contribution in [-0.2, 0) is 4.79 Å². The number of anilines is 3. The number of nitrogens with one attached hydrogen (secondary N) is 2. The quantitative estimate of drug-likeness (QED) is 0.435. The minimum atomic E-state index is -0.464. The Labute approximate surface area is 148 Å². The maximum atomic E-state index is 12.4. The molecule has 2 rings (SSSR count). The summed E-state index contributed by atoms with van der Waals surface area (Å²) in [6.45, 7) is 6.04. The van der Waals surface area contributed by atoms with Gasteiger partial charge in [-0.25, -0.2) is 0 Å². The van der Waals surface area contributed by atoms with Crippen molar-refractivity contribution in [1.82, 2.24) is 0 Å². The van der Waals surface area contributed by atoms with Crippen LogP contribution in [-0.4, -0.2) is 5.91 Å². The zero-order valence-electron chi connectivity index (χ0n) is 14.6. The van der Waals surface area contributed by atoms with Crippen LogP contribution in [0.15, 0.2) is 54.2 Å². The summed E-state index contributed by atoms with van der Waals surface area (Å²) < 4.78 is 0. The van der Waals surface area contributed by atoms with E-state index in [4.69, 9.17) is 5.73 Å². The number of hydrogen-bond acceptors (Lipinski definition) is 4. The standard InChI is InChI=1S/C20H22N4O/c1-13(2)16-6-4-5-7-18(16)24-20(25)15(11-21)12-23-19-10-14(3)8-9-17(19)22/h4-10,12-13,23H,22H2,1-3H3,(H,24,25)/b15-12-. The minimum Gasteiger partial charge on any atom is -0.397 e. The predicted molar refractivity (Wildman–Crippen MR) is 102 cm³/mol. The summed E-state index contributed by atoms with van der Waals surface area (Å²) in [5.41, 5.74) is 9.82. The number of benzene rings is 2. The van der Waals surface area contributed by atoms with Gasteiger partial charge in [-0.3, -0.25) is 4.79 Å². The zero-order valence-corrected chi connectivity index (χ0v) is 14.6. The molecule has 0 saturated carbocycles. The molecular weight excluding hydrogens is 312 g/mol. The summed E-state index contributed by atoms with van der Waals surface area (Å²) >= 11 is 0. The normalized spacial score (nSPS) is 11.1. The first-order chi connectivity index (χ1) is 11.9. The molecule has 0 saturated heterocycles. The molecule has 2 aromatic carbocycles. The van der Waals surface area contributed by atoms with Crippen molar-refractivity contribution in [2.24, 2.45) is 0 Å². The molecule has 0 bridgehead atoms. The molecule has 2 aromatic rings. The van der Waals surface area contributed by atoms with E-state index in [0.29, 0.717) is 17.1 Å². The molecule has 0 aliphatic heterocycles. The second kappa shape index (κ2) is 8.02. The molecule has 1 amide bonds. The van der Waals surface area contributed by atoms with Gasteiger partial charge in [0, 0.05) is 11.9 Å². The van der Waals surface area contributed by atoms with Crippen LogP contribution in [0.25, 0.3) is 0 Å². The van der Waals surface area contributed by atoms with Gasteiger partial charge in [-0.2, -0.15) is 5.26 Å². The molecule has 0 aliphatic carbocycles. The molecule has 25 heavy (non-hydrogen) atoms. The Bertz CT molecular complexity index is 847. The Hall–Kier alpha value is -3.26. The highest BCUT2D eigenvalue weighted by Gasteiger charge is 2.13. The van der Waals surface area contributed by atoms with Crippen molar-refractivity contribution in [2.75, 3.05) is 16.4 Å². The van der Waals surface area contributed by atoms with Gasteiger partial charge in [0.05, 0.1) is 11.4 Å². The third-order valence-electron chi connectivity index (χ3n) is 3.78. The van der Waals surface area contributed by atoms with E-state index in [1.807, 2.05) is 63.2 Å². The number of para-hydroxylation sites is 1. The highest BCUT2D eigenvalue weighted by atomic mass is 16.1. The average Bonchev–Trinajstić information content (AvgIpc) is 2.58. The maximum absolute atomic E-state index is 12.4. The fraction of sp³-hybridized carbons (Fsp3) is 0.200. The lowest BCUT2D eigenvalue weighted by Crippen LogP contribution is -2.16. The third kappa shape index (κ3) is 4.61. The fourth-order valence-corrected chi connectivity index (χ4v) is 2.40. The SMILES string of the molecule is Cc1ccc(N)c(N/C=C(/C#N)C(=O)Nc2ccccc2C(C)C)c1. The monoisotopic (exact) mass is 334 g/mol. The van der Waals surface area contributed by atoms with Crippen LogP contribution in [0.1, 0.15) is 30.9 Å². The second-order valence-corrected chi connectivity index (χ2v) is 6.10. The van der Waals surface area contributed by atoms with Gasteiger partial charge in [0.15, 0.2) is 0 Å². The smallest absolute Gasteiger partial charge is 0.267 e. The van der Waals surface area contributed by atoms with Gasteiger partial charge in [-0.05, 0) is 42.2 Å². The van der Waals surface area contributed by atoms with Crippen LogP contribution in [0.3, 0.4) is 0 Å². The third-order valence-corrected chi connectivity index (χ3v) is 3.78. The van der Waals surface area contributed by atoms with Gasteiger partial charge in [-0.15, -0.1) is 0 Å². The van der Waals surface area contributed by atoms with E-state index in [0.717, 1.165) is 11.1 Å². The van der Waals surface area contributed by atoms with Gasteiger partial charge in [0.1, 0.15) is 11.6 Å². The van der Waals surface area contributed by atoms with Crippen LogP contribution in [0, 0.1) is 18.3 Å². The Balaban J connectivity index is 2.19. The van der Waals surface area contributed by atoms with E-state index in [1.165, 1.54) is 6.20 Å². The number of nitrogens with two attached hydrogens (primary N) is 1. The van der Waals surface area contributed by atoms with Crippen molar-refractivity contribution in [3.05, 3.63) is 65.4 Å². The topological polar surface area (TPSA) is 90.9 Å². The summed E-state index contributed by atoms with van der Waals surface area (Å²) in [4.78, 5) is 12.4. The maximum Gasteiger partial charge on any atom is 0.267 e. The van der Waals surface area contributed by atoms with E-state index >= 15 is 0 Å². The molecule has 0 aromatic heterocycles. The molecule has 0 heterocycles. The molecule has 0 radical (unpaired) electrons. The van der Waals surface area contributed by atoms with Gasteiger partial charge in [-0.1, -0.05) is 38.1 Å². The van der Waals surface area contributed by atoms with Gasteiger partial charge in [0.2, 0.25) is 0 Å². The number of amides is 1. The lowest BCUT2D eigenvalue weighted by molar-refractivity contribution is -0.112. The van der Waals surface area contributed by atoms with E-state index in [9.17, 15) is 10.1 Å². The number of carbonyl (C=O) groups excluding carboxylic acids is 1. The number of nitriles is 1. The summed E-state index contributed by atoms with van der Waals surface area (Å²) in [5.74, 6) is -0.203. The molecule has 0 fully saturated rings. The Morgan fingerprint density at radius 2 is 1.92 bits per heavy atom. The molecule has 5 heteroatoms. The highest BCUT2D eigenvalue weighted by molar-refractivity contribution is 6.07. The van der Waals surface area contributed by atoms with Gasteiger partial charge >= 0.3 is 0 Å². The zero-order chi connectivity index (χ0) is 18.4. The minimum absolute atomic E-state index is 0.0283. The molecule has 4 N–H and O–H groups in total. The first-order valence-corrected chi connectivity index (χ1v) is 8.05. The van der Waals surface area contributed by atoms with Crippen molar-refractivity contribution in [1.29, 1.82) is 5.26 Å². The number of rotatable bonds is 5. The van der Waals surface area contributed by atoms with Gasteiger partial charge in [0.25, 0.3) is 5.91 Å². The van der Waals surface area contributed by atoms with Crippen molar-refractivity contribution in [3.63, 3.8) is 0 Å². The lowest BCUT2D eigenvalue weighted by atomic mass is 10.0. The molecular formula is C20H22N4O. The number of nitrogens with zero attached hydrogens (tertiary/aromatic N) is 1. The largest absolute Gasteiger partial charge is 0.397 e. The lowest BCUT2D eigenvalue weighted by Gasteiger charge is -2.13. The van der Waals surface area contributed by atoms with Crippen molar-refractivity contribution in [2.45, 2.75) is 26.7 Å². The van der Waals surface area contributed by atoms with E-state index < -0.39 is 5.91 Å². The fourth-order valence-electron chi connectivity index (χ4n) is 2.40. The van der Waals surface area contributed by atoms with E-state index in [1.54, 1.807) is 6.07 Å². The number of hydrogen-bond donors (Lipinski definition) is 3. The summed E-state index contributed by atoms with van der Waals surface area (Å²) in [6.07, 6.45) is 1.37. The van der Waals surface area contributed by atoms with Crippen molar-refractivity contribution >= 4 is 23.0 Å². The van der Waals surface area contributed by atoms with Gasteiger partial charge < -0.3 is 16.4 Å². The average molecular weight is 334 g/mol. The summed E-state index contributed by atoms with van der Waals surface area (Å²) in [6, 6.07) is 15.0. The number of nitrogen functional groups attached to an aromatic ring is 1. The molecule has 0 atom stereocenters. The van der Waals surface area contributed by atoms with Crippen molar-refractivity contribution < 1.29 is 4.79 Å². The van der Waals surface area contributed by atoms with Crippen LogP contribution in [0.5, 0.6) is 0 Å². The molecule has 0 spiro atoms.